The monoisotopic (exact) mass is 449 g/mol. The number of carbonyl (C=O) groups excluding carboxylic acids is 4. The number of nitrogens with zero attached hydrogens (tertiary/aromatic N) is 2. The van der Waals surface area contributed by atoms with Gasteiger partial charge in [0.15, 0.2) is 12.4 Å². The Morgan fingerprint density at radius 2 is 1.82 bits per heavy atom. The van der Waals surface area contributed by atoms with Gasteiger partial charge in [0.2, 0.25) is 11.8 Å². The summed E-state index contributed by atoms with van der Waals surface area (Å²) in [4.78, 5) is 52.9. The van der Waals surface area contributed by atoms with Gasteiger partial charge in [0, 0.05) is 12.5 Å². The molecule has 2 fully saturated rings. The minimum absolute atomic E-state index is 0.0338. The zero-order valence-electron chi connectivity index (χ0n) is 18.0. The van der Waals surface area contributed by atoms with Crippen LogP contribution in [0.4, 0.5) is 5.82 Å². The lowest BCUT2D eigenvalue weighted by molar-refractivity contribution is -0.160. The highest BCUT2D eigenvalue weighted by Gasteiger charge is 2.61. The highest BCUT2D eigenvalue weighted by atomic mass is 16.5. The van der Waals surface area contributed by atoms with Gasteiger partial charge in [-0.1, -0.05) is 47.6 Å². The average molecular weight is 449 g/mol. The number of carbonyl (C=O) groups is 4. The molecule has 2 aliphatic carbocycles. The average Bonchev–Trinajstić information content (AvgIpc) is 3.57. The van der Waals surface area contributed by atoms with E-state index in [2.05, 4.69) is 10.5 Å². The van der Waals surface area contributed by atoms with Crippen molar-refractivity contribution in [3.8, 4) is 0 Å². The third-order valence-electron chi connectivity index (χ3n) is 6.60. The van der Waals surface area contributed by atoms with Gasteiger partial charge in [0.05, 0.1) is 11.8 Å². The Labute approximate surface area is 189 Å². The molecule has 1 aliphatic heterocycles. The van der Waals surface area contributed by atoms with Crippen molar-refractivity contribution in [2.45, 2.75) is 25.8 Å². The zero-order valence-corrected chi connectivity index (χ0v) is 18.0. The molecule has 0 radical (unpaired) electrons. The van der Waals surface area contributed by atoms with Crippen LogP contribution in [0.15, 0.2) is 53.1 Å². The summed E-state index contributed by atoms with van der Waals surface area (Å²) in [6, 6.07) is 9.50. The van der Waals surface area contributed by atoms with Crippen molar-refractivity contribution in [1.82, 2.24) is 10.1 Å². The molecule has 1 saturated carbocycles. The number of aryl methyl sites for hydroxylation is 1. The SMILES string of the molecule is Cc1cc(NC(=O)COC(=O)[C@H](Cc2ccccc2)N2C(=O)[C@H]3[C@H](C2=O)[C@H]2C=C[C@H]3C2)no1. The summed E-state index contributed by atoms with van der Waals surface area (Å²) in [5, 5.41) is 6.13. The van der Waals surface area contributed by atoms with E-state index in [0.29, 0.717) is 5.76 Å². The number of nitrogens with one attached hydrogen (secondary N) is 1. The fraction of sp³-hybridized carbons (Fsp3) is 0.375. The molecule has 1 aromatic heterocycles. The number of esters is 1. The van der Waals surface area contributed by atoms with Gasteiger partial charge in [0.1, 0.15) is 11.8 Å². The lowest BCUT2D eigenvalue weighted by Gasteiger charge is -2.26. The number of hydrogen-bond donors (Lipinski definition) is 1. The van der Waals surface area contributed by atoms with Crippen molar-refractivity contribution in [3.63, 3.8) is 0 Å². The number of hydrogen-bond acceptors (Lipinski definition) is 7. The van der Waals surface area contributed by atoms with Gasteiger partial charge in [-0.25, -0.2) is 4.79 Å². The van der Waals surface area contributed by atoms with Crippen molar-refractivity contribution in [2.24, 2.45) is 23.7 Å². The highest BCUT2D eigenvalue weighted by Crippen LogP contribution is 2.53. The van der Waals surface area contributed by atoms with E-state index in [-0.39, 0.29) is 35.9 Å². The van der Waals surface area contributed by atoms with Gasteiger partial charge in [0.25, 0.3) is 5.91 Å². The first-order valence-corrected chi connectivity index (χ1v) is 10.9. The zero-order chi connectivity index (χ0) is 23.1. The van der Waals surface area contributed by atoms with E-state index in [1.807, 2.05) is 42.5 Å². The van der Waals surface area contributed by atoms with Gasteiger partial charge < -0.3 is 14.6 Å². The Morgan fingerprint density at radius 1 is 1.15 bits per heavy atom. The molecule has 9 heteroatoms. The smallest absolute Gasteiger partial charge is 0.330 e. The van der Waals surface area contributed by atoms with Crippen molar-refractivity contribution in [2.75, 3.05) is 11.9 Å². The van der Waals surface area contributed by atoms with Crippen LogP contribution in [0.3, 0.4) is 0 Å². The third-order valence-corrected chi connectivity index (χ3v) is 6.60. The molecular weight excluding hydrogens is 426 g/mol. The van der Waals surface area contributed by atoms with Crippen molar-refractivity contribution in [1.29, 1.82) is 0 Å². The summed E-state index contributed by atoms with van der Waals surface area (Å²) in [6.07, 6.45) is 4.92. The molecule has 0 spiro atoms. The van der Waals surface area contributed by atoms with E-state index in [0.717, 1.165) is 16.9 Å². The topological polar surface area (TPSA) is 119 Å². The molecule has 3 aliphatic rings. The fourth-order valence-corrected chi connectivity index (χ4v) is 5.19. The molecule has 0 unspecified atom stereocenters. The minimum atomic E-state index is -1.14. The molecule has 3 amide bonds. The molecule has 5 rings (SSSR count). The maximum Gasteiger partial charge on any atom is 0.330 e. The molecular formula is C24H23N3O6. The molecule has 2 bridgehead atoms. The molecule has 2 aromatic rings. The summed E-state index contributed by atoms with van der Waals surface area (Å²) >= 11 is 0. The van der Waals surface area contributed by atoms with Gasteiger partial charge >= 0.3 is 5.97 Å². The van der Waals surface area contributed by atoms with Gasteiger partial charge in [-0.2, -0.15) is 0 Å². The standard InChI is InChI=1S/C24H23N3O6/c1-13-9-18(26-33-13)25-19(28)12-32-24(31)17(10-14-5-3-2-4-6-14)27-22(29)20-15-7-8-16(11-15)21(20)23(27)30/h2-9,15-17,20-21H,10-12H2,1H3,(H,25,26,28)/t15-,16-,17-,20+,21+/m0/s1. The van der Waals surface area contributed by atoms with E-state index in [1.54, 1.807) is 6.92 Å². The highest BCUT2D eigenvalue weighted by molar-refractivity contribution is 6.09. The Hall–Kier alpha value is -3.75. The molecule has 1 saturated heterocycles. The van der Waals surface area contributed by atoms with E-state index in [1.165, 1.54) is 6.07 Å². The molecule has 33 heavy (non-hydrogen) atoms. The number of rotatable bonds is 7. The first-order valence-electron chi connectivity index (χ1n) is 10.9. The summed E-state index contributed by atoms with van der Waals surface area (Å²) in [7, 11) is 0. The second kappa shape index (κ2) is 8.31. The van der Waals surface area contributed by atoms with Crippen LogP contribution in [0.1, 0.15) is 17.7 Å². The number of benzene rings is 1. The molecule has 2 heterocycles. The van der Waals surface area contributed by atoms with Gasteiger partial charge in [-0.05, 0) is 30.7 Å². The quantitative estimate of drug-likeness (QED) is 0.389. The van der Waals surface area contributed by atoms with Crippen LogP contribution in [0.2, 0.25) is 0 Å². The summed E-state index contributed by atoms with van der Waals surface area (Å²) in [5.41, 5.74) is 0.778. The minimum Gasteiger partial charge on any atom is -0.454 e. The van der Waals surface area contributed by atoms with Gasteiger partial charge in [-0.15, -0.1) is 0 Å². The Kier molecular flexibility index (Phi) is 5.32. The van der Waals surface area contributed by atoms with Crippen LogP contribution >= 0.6 is 0 Å². The maximum absolute atomic E-state index is 13.3. The molecule has 1 N–H and O–H groups in total. The lowest BCUT2D eigenvalue weighted by atomic mass is 9.85. The van der Waals surface area contributed by atoms with E-state index in [9.17, 15) is 19.2 Å². The number of anilines is 1. The van der Waals surface area contributed by atoms with Gasteiger partial charge in [-0.3, -0.25) is 19.3 Å². The number of ether oxygens (including phenoxy) is 1. The Bertz CT molecular complexity index is 1110. The van der Waals surface area contributed by atoms with Crippen LogP contribution in [0.5, 0.6) is 0 Å². The lowest BCUT2D eigenvalue weighted by Crippen LogP contribution is -2.48. The number of likely N-dealkylation sites (tertiary alicyclic amines) is 1. The molecule has 170 valence electrons. The predicted octanol–water partition coefficient (Wildman–Crippen LogP) is 1.88. The van der Waals surface area contributed by atoms with Crippen LogP contribution < -0.4 is 5.32 Å². The first-order chi connectivity index (χ1) is 15.9. The van der Waals surface area contributed by atoms with Crippen LogP contribution in [0, 0.1) is 30.6 Å². The van der Waals surface area contributed by atoms with E-state index < -0.39 is 36.4 Å². The van der Waals surface area contributed by atoms with Crippen molar-refractivity contribution >= 4 is 29.5 Å². The van der Waals surface area contributed by atoms with E-state index >= 15 is 0 Å². The molecule has 9 nitrogen and oxygen atoms in total. The van der Waals surface area contributed by atoms with Crippen LogP contribution in [-0.4, -0.2) is 46.4 Å². The number of aromatic nitrogens is 1. The summed E-state index contributed by atoms with van der Waals surface area (Å²) in [6.45, 7) is 1.10. The normalized spacial score (nSPS) is 25.9. The predicted molar refractivity (Wildman–Crippen MR) is 114 cm³/mol. The van der Waals surface area contributed by atoms with Crippen LogP contribution in [0.25, 0.3) is 0 Å². The van der Waals surface area contributed by atoms with Crippen molar-refractivity contribution < 1.29 is 28.4 Å². The first kappa shape index (κ1) is 21.1. The summed E-state index contributed by atoms with van der Waals surface area (Å²) in [5.74, 6) is -2.11. The Morgan fingerprint density at radius 3 is 2.42 bits per heavy atom. The summed E-state index contributed by atoms with van der Waals surface area (Å²) < 4.78 is 10.1. The second-order valence-electron chi connectivity index (χ2n) is 8.73. The number of amides is 3. The number of allylic oxidation sites excluding steroid dienone is 2. The van der Waals surface area contributed by atoms with Crippen molar-refractivity contribution in [3.05, 3.63) is 59.9 Å². The van der Waals surface area contributed by atoms with Crippen LogP contribution in [-0.2, 0) is 30.3 Å². The maximum atomic E-state index is 13.3. The van der Waals surface area contributed by atoms with E-state index in [4.69, 9.17) is 9.26 Å². The number of imide groups is 1. The third kappa shape index (κ3) is 3.83. The molecule has 5 atom stereocenters. The number of fused-ring (bicyclic) bond motifs is 5. The fourth-order valence-electron chi connectivity index (χ4n) is 5.19. The molecule has 1 aromatic carbocycles. The Balaban J connectivity index is 1.32. The second-order valence-corrected chi connectivity index (χ2v) is 8.73. The largest absolute Gasteiger partial charge is 0.454 e.